The van der Waals surface area contributed by atoms with Crippen molar-refractivity contribution in [1.82, 2.24) is 0 Å². The van der Waals surface area contributed by atoms with Crippen LogP contribution in [0, 0.1) is 0 Å². The van der Waals surface area contributed by atoms with Crippen LogP contribution in [0.25, 0.3) is 0 Å². The number of Topliss-reactive ketones (excluding diaryl/α,β-unsaturated/α-hetero) is 1. The van der Waals surface area contributed by atoms with Gasteiger partial charge in [-0.25, -0.2) is 0 Å². The molecule has 0 aromatic heterocycles. The van der Waals surface area contributed by atoms with Crippen molar-refractivity contribution in [2.45, 2.75) is 51.4 Å². The van der Waals surface area contributed by atoms with Crippen molar-refractivity contribution in [2.75, 3.05) is 0 Å². The molecule has 1 atom stereocenters. The molecule has 0 saturated heterocycles. The van der Waals surface area contributed by atoms with Crippen molar-refractivity contribution < 1.29 is 9.22 Å². The second kappa shape index (κ2) is 8.95. The van der Waals surface area contributed by atoms with E-state index in [-0.39, 0.29) is 11.9 Å². The van der Waals surface area contributed by atoms with Gasteiger partial charge < -0.3 is 4.43 Å². The van der Waals surface area contributed by atoms with Crippen LogP contribution in [0.5, 0.6) is 0 Å². The first-order valence-corrected chi connectivity index (χ1v) is 11.5. The van der Waals surface area contributed by atoms with Gasteiger partial charge in [-0.3, -0.25) is 4.79 Å². The van der Waals surface area contributed by atoms with Gasteiger partial charge >= 0.3 is 0 Å². The molecule has 2 nitrogen and oxygen atoms in total. The summed E-state index contributed by atoms with van der Waals surface area (Å²) in [4.78, 5) is 13.1. The van der Waals surface area contributed by atoms with E-state index in [0.717, 1.165) is 29.3 Å². The lowest BCUT2D eigenvalue weighted by Crippen LogP contribution is -2.43. The molecular formula is C21H28O2Si. The van der Waals surface area contributed by atoms with E-state index in [0.29, 0.717) is 6.42 Å². The standard InChI is InChI=1S/C21H28O2Si/c1-4-24(5-2,6-3)23-20(17-18-13-9-7-10-14-18)21(22)19-15-11-8-12-16-19/h7-16,20H,4-6,17H2,1-3H3. The topological polar surface area (TPSA) is 26.3 Å². The van der Waals surface area contributed by atoms with Gasteiger partial charge in [0.1, 0.15) is 6.10 Å². The van der Waals surface area contributed by atoms with E-state index in [1.165, 1.54) is 0 Å². The number of hydrogen-bond acceptors (Lipinski definition) is 2. The molecule has 2 aromatic carbocycles. The summed E-state index contributed by atoms with van der Waals surface area (Å²) in [6.45, 7) is 6.60. The zero-order valence-corrected chi connectivity index (χ0v) is 16.0. The maximum atomic E-state index is 13.1. The molecule has 2 rings (SSSR count). The molecule has 128 valence electrons. The van der Waals surface area contributed by atoms with Crippen LogP contribution in [0.15, 0.2) is 60.7 Å². The zero-order valence-electron chi connectivity index (χ0n) is 15.0. The Morgan fingerprint density at radius 1 is 0.875 bits per heavy atom. The Bertz CT molecular complexity index is 613. The smallest absolute Gasteiger partial charge is 0.193 e. The van der Waals surface area contributed by atoms with Crippen molar-refractivity contribution in [1.29, 1.82) is 0 Å². The summed E-state index contributed by atoms with van der Waals surface area (Å²) >= 11 is 0. The first-order chi connectivity index (χ1) is 11.6. The summed E-state index contributed by atoms with van der Waals surface area (Å²) in [6.07, 6.45) is 0.255. The molecule has 0 aliphatic rings. The van der Waals surface area contributed by atoms with Gasteiger partial charge in [0.15, 0.2) is 14.1 Å². The van der Waals surface area contributed by atoms with Crippen molar-refractivity contribution in [3.8, 4) is 0 Å². The summed E-state index contributed by atoms with van der Waals surface area (Å²) in [5.41, 5.74) is 1.89. The summed E-state index contributed by atoms with van der Waals surface area (Å²) in [5, 5.41) is 0. The van der Waals surface area contributed by atoms with E-state index in [1.54, 1.807) is 0 Å². The summed E-state index contributed by atoms with van der Waals surface area (Å²) in [6, 6.07) is 22.9. The largest absolute Gasteiger partial charge is 0.406 e. The third-order valence-electron chi connectivity index (χ3n) is 4.94. The van der Waals surface area contributed by atoms with Gasteiger partial charge in [0.2, 0.25) is 0 Å². The molecule has 1 unspecified atom stereocenters. The Labute approximate surface area is 147 Å². The van der Waals surface area contributed by atoms with Gasteiger partial charge in [-0.2, -0.15) is 0 Å². The Hall–Kier alpha value is -1.71. The first kappa shape index (κ1) is 18.6. The monoisotopic (exact) mass is 340 g/mol. The number of rotatable bonds is 9. The Morgan fingerprint density at radius 2 is 1.38 bits per heavy atom. The van der Waals surface area contributed by atoms with E-state index in [2.05, 4.69) is 32.9 Å². The van der Waals surface area contributed by atoms with Gasteiger partial charge in [0.25, 0.3) is 0 Å². The van der Waals surface area contributed by atoms with Gasteiger partial charge in [0, 0.05) is 12.0 Å². The van der Waals surface area contributed by atoms with Crippen LogP contribution in [-0.4, -0.2) is 20.2 Å². The van der Waals surface area contributed by atoms with Crippen molar-refractivity contribution in [2.24, 2.45) is 0 Å². The second-order valence-corrected chi connectivity index (χ2v) is 11.0. The summed E-state index contributed by atoms with van der Waals surface area (Å²) < 4.78 is 6.60. The van der Waals surface area contributed by atoms with Crippen LogP contribution in [0.2, 0.25) is 18.1 Å². The van der Waals surface area contributed by atoms with E-state index < -0.39 is 8.32 Å². The molecule has 0 spiro atoms. The predicted octanol–water partition coefficient (Wildman–Crippen LogP) is 5.50. The molecule has 0 heterocycles. The molecule has 3 heteroatoms. The van der Waals surface area contributed by atoms with Crippen LogP contribution in [0.3, 0.4) is 0 Å². The molecule has 0 amide bonds. The normalized spacial score (nSPS) is 12.8. The number of carbonyl (C=O) groups excluding carboxylic acids is 1. The highest BCUT2D eigenvalue weighted by Gasteiger charge is 2.35. The quantitative estimate of drug-likeness (QED) is 0.445. The van der Waals surface area contributed by atoms with Gasteiger partial charge in [-0.1, -0.05) is 81.4 Å². The van der Waals surface area contributed by atoms with Gasteiger partial charge in [0.05, 0.1) is 0 Å². The van der Waals surface area contributed by atoms with Crippen LogP contribution in [-0.2, 0) is 10.8 Å². The molecule has 0 fully saturated rings. The zero-order chi connectivity index (χ0) is 17.4. The highest BCUT2D eigenvalue weighted by molar-refractivity contribution is 6.73. The number of ketones is 1. The molecule has 0 aliphatic carbocycles. The number of hydrogen-bond donors (Lipinski definition) is 0. The van der Waals surface area contributed by atoms with Crippen molar-refractivity contribution >= 4 is 14.1 Å². The minimum Gasteiger partial charge on any atom is -0.406 e. The molecule has 0 aliphatic heterocycles. The third-order valence-corrected chi connectivity index (χ3v) is 9.59. The minimum absolute atomic E-state index is 0.103. The second-order valence-electron chi connectivity index (χ2n) is 6.27. The lowest BCUT2D eigenvalue weighted by molar-refractivity contribution is 0.0772. The lowest BCUT2D eigenvalue weighted by atomic mass is 10.0. The fourth-order valence-electron chi connectivity index (χ4n) is 3.11. The van der Waals surface area contributed by atoms with Crippen molar-refractivity contribution in [3.63, 3.8) is 0 Å². The Morgan fingerprint density at radius 3 is 1.88 bits per heavy atom. The predicted molar refractivity (Wildman–Crippen MR) is 103 cm³/mol. The molecular weight excluding hydrogens is 312 g/mol. The molecule has 24 heavy (non-hydrogen) atoms. The molecule has 2 aromatic rings. The fraction of sp³-hybridized carbons (Fsp3) is 0.381. The first-order valence-electron chi connectivity index (χ1n) is 8.95. The van der Waals surface area contributed by atoms with Crippen LogP contribution < -0.4 is 0 Å². The number of benzene rings is 2. The SMILES string of the molecule is CC[Si](CC)(CC)OC(Cc1ccccc1)C(=O)c1ccccc1. The maximum absolute atomic E-state index is 13.1. The molecule has 0 N–H and O–H groups in total. The summed E-state index contributed by atoms with van der Waals surface area (Å²) in [7, 11) is -1.85. The third kappa shape index (κ3) is 4.65. The number of carbonyl (C=O) groups is 1. The van der Waals surface area contributed by atoms with Crippen molar-refractivity contribution in [3.05, 3.63) is 71.8 Å². The Kier molecular flexibility index (Phi) is 6.94. The van der Waals surface area contributed by atoms with Gasteiger partial charge in [-0.05, 0) is 23.7 Å². The maximum Gasteiger partial charge on any atom is 0.193 e. The van der Waals surface area contributed by atoms with Crippen LogP contribution in [0.4, 0.5) is 0 Å². The summed E-state index contributed by atoms with van der Waals surface area (Å²) in [5.74, 6) is 0.103. The highest BCUT2D eigenvalue weighted by atomic mass is 28.4. The fourth-order valence-corrected chi connectivity index (χ4v) is 5.90. The van der Waals surface area contributed by atoms with E-state index >= 15 is 0 Å². The minimum atomic E-state index is -1.85. The van der Waals surface area contributed by atoms with Crippen LogP contribution in [0.1, 0.15) is 36.7 Å². The van der Waals surface area contributed by atoms with E-state index in [1.807, 2.05) is 48.5 Å². The molecule has 0 saturated carbocycles. The Balaban J connectivity index is 2.28. The average Bonchev–Trinajstić information content (AvgIpc) is 2.66. The lowest BCUT2D eigenvalue weighted by Gasteiger charge is -2.32. The van der Waals surface area contributed by atoms with Gasteiger partial charge in [-0.15, -0.1) is 0 Å². The average molecular weight is 341 g/mol. The highest BCUT2D eigenvalue weighted by Crippen LogP contribution is 2.26. The van der Waals surface area contributed by atoms with Crippen LogP contribution >= 0.6 is 0 Å². The molecule has 0 bridgehead atoms. The molecule has 0 radical (unpaired) electrons. The van der Waals surface area contributed by atoms with E-state index in [9.17, 15) is 4.79 Å². The van der Waals surface area contributed by atoms with E-state index in [4.69, 9.17) is 4.43 Å².